The molecule has 2 aromatic rings. The molecule has 0 radical (unpaired) electrons. The van der Waals surface area contributed by atoms with Crippen LogP contribution in [0.5, 0.6) is 0 Å². The van der Waals surface area contributed by atoms with Crippen LogP contribution in [0.15, 0.2) is 40.9 Å². The van der Waals surface area contributed by atoms with Crippen LogP contribution < -0.4 is 5.32 Å². The van der Waals surface area contributed by atoms with Crippen LogP contribution in [0.4, 0.5) is 8.78 Å². The minimum atomic E-state index is -0.458. The number of halogens is 4. The molecule has 0 saturated heterocycles. The quantitative estimate of drug-likeness (QED) is 0.751. The number of benzene rings is 2. The van der Waals surface area contributed by atoms with Gasteiger partial charge < -0.3 is 5.32 Å². The fraction of sp³-hybridized carbons (Fsp3) is 0.250. The highest BCUT2D eigenvalue weighted by Gasteiger charge is 2.16. The van der Waals surface area contributed by atoms with E-state index in [1.807, 2.05) is 6.92 Å². The van der Waals surface area contributed by atoms with Gasteiger partial charge in [0.2, 0.25) is 0 Å². The zero-order chi connectivity index (χ0) is 15.4. The summed E-state index contributed by atoms with van der Waals surface area (Å²) in [7, 11) is 0. The Morgan fingerprint density at radius 1 is 1.14 bits per heavy atom. The van der Waals surface area contributed by atoms with Gasteiger partial charge in [0.1, 0.15) is 11.6 Å². The molecule has 0 saturated carbocycles. The Morgan fingerprint density at radius 2 is 1.90 bits per heavy atom. The van der Waals surface area contributed by atoms with E-state index in [-0.39, 0.29) is 16.9 Å². The van der Waals surface area contributed by atoms with Crippen LogP contribution in [0.1, 0.15) is 24.1 Å². The Kier molecular flexibility index (Phi) is 5.73. The molecule has 1 unspecified atom stereocenters. The monoisotopic (exact) mass is 373 g/mol. The molecule has 0 aliphatic rings. The van der Waals surface area contributed by atoms with Crippen molar-refractivity contribution >= 4 is 27.5 Å². The highest BCUT2D eigenvalue weighted by Crippen LogP contribution is 2.25. The molecule has 1 atom stereocenters. The maximum absolute atomic E-state index is 14.1. The van der Waals surface area contributed by atoms with Crippen molar-refractivity contribution < 1.29 is 8.78 Å². The minimum absolute atomic E-state index is 0.0913. The number of hydrogen-bond acceptors (Lipinski definition) is 1. The van der Waals surface area contributed by atoms with Gasteiger partial charge in [0.15, 0.2) is 0 Å². The first-order valence-electron chi connectivity index (χ1n) is 6.63. The van der Waals surface area contributed by atoms with Crippen LogP contribution in [0.25, 0.3) is 0 Å². The molecular formula is C16H15BrClF2N. The predicted octanol–water partition coefficient (Wildman–Crippen LogP) is 5.27. The van der Waals surface area contributed by atoms with Crippen LogP contribution in [-0.4, -0.2) is 6.54 Å². The zero-order valence-corrected chi connectivity index (χ0v) is 13.8. The van der Waals surface area contributed by atoms with Gasteiger partial charge in [-0.05, 0) is 42.8 Å². The molecule has 0 aliphatic heterocycles. The van der Waals surface area contributed by atoms with E-state index in [0.717, 1.165) is 5.56 Å². The molecule has 0 heterocycles. The molecule has 1 N–H and O–H groups in total. The fourth-order valence-electron chi connectivity index (χ4n) is 2.22. The number of likely N-dealkylation sites (N-methyl/N-ethyl adjacent to an activating group) is 1. The van der Waals surface area contributed by atoms with Crippen LogP contribution in [0.3, 0.4) is 0 Å². The Hall–Kier alpha value is -0.970. The third kappa shape index (κ3) is 4.25. The summed E-state index contributed by atoms with van der Waals surface area (Å²) < 4.78 is 28.3. The third-order valence-corrected chi connectivity index (χ3v) is 4.01. The lowest BCUT2D eigenvalue weighted by atomic mass is 9.98. The van der Waals surface area contributed by atoms with Crippen molar-refractivity contribution in [2.24, 2.45) is 0 Å². The molecule has 0 amide bonds. The van der Waals surface area contributed by atoms with Crippen molar-refractivity contribution in [1.82, 2.24) is 5.32 Å². The maximum Gasteiger partial charge on any atom is 0.142 e. The highest BCUT2D eigenvalue weighted by atomic mass is 79.9. The van der Waals surface area contributed by atoms with Gasteiger partial charge in [0, 0.05) is 16.1 Å². The summed E-state index contributed by atoms with van der Waals surface area (Å²) >= 11 is 8.93. The second-order valence-electron chi connectivity index (χ2n) is 4.73. The van der Waals surface area contributed by atoms with E-state index in [0.29, 0.717) is 23.0 Å². The van der Waals surface area contributed by atoms with Crippen molar-refractivity contribution in [2.45, 2.75) is 19.4 Å². The summed E-state index contributed by atoms with van der Waals surface area (Å²) in [6.07, 6.45) is 0.487. The maximum atomic E-state index is 14.1. The second-order valence-corrected chi connectivity index (χ2v) is 6.05. The first kappa shape index (κ1) is 16.4. The molecular weight excluding hydrogens is 360 g/mol. The van der Waals surface area contributed by atoms with E-state index in [1.54, 1.807) is 18.2 Å². The smallest absolute Gasteiger partial charge is 0.142 e. The van der Waals surface area contributed by atoms with Crippen LogP contribution in [0, 0.1) is 11.6 Å². The van der Waals surface area contributed by atoms with Crippen molar-refractivity contribution in [1.29, 1.82) is 0 Å². The average Bonchev–Trinajstić information content (AvgIpc) is 2.42. The zero-order valence-electron chi connectivity index (χ0n) is 11.5. The summed E-state index contributed by atoms with van der Waals surface area (Å²) in [5, 5.41) is 3.32. The molecule has 5 heteroatoms. The molecule has 0 bridgehead atoms. The Bertz CT molecular complexity index is 634. The van der Waals surface area contributed by atoms with Crippen LogP contribution in [0.2, 0.25) is 5.02 Å². The van der Waals surface area contributed by atoms with Gasteiger partial charge in [-0.3, -0.25) is 0 Å². The molecule has 2 rings (SSSR count). The van der Waals surface area contributed by atoms with Gasteiger partial charge in [-0.1, -0.05) is 46.6 Å². The van der Waals surface area contributed by atoms with E-state index < -0.39 is 5.82 Å². The number of nitrogens with one attached hydrogen (secondary N) is 1. The van der Waals surface area contributed by atoms with Gasteiger partial charge in [0.25, 0.3) is 0 Å². The molecule has 2 aromatic carbocycles. The van der Waals surface area contributed by atoms with Gasteiger partial charge in [0.05, 0.1) is 5.02 Å². The Labute approximate surface area is 136 Å². The fourth-order valence-corrected chi connectivity index (χ4v) is 2.68. The molecule has 1 nitrogen and oxygen atoms in total. The highest BCUT2D eigenvalue weighted by molar-refractivity contribution is 9.10. The van der Waals surface area contributed by atoms with Gasteiger partial charge >= 0.3 is 0 Å². The normalized spacial score (nSPS) is 12.4. The first-order valence-corrected chi connectivity index (χ1v) is 7.80. The van der Waals surface area contributed by atoms with E-state index in [9.17, 15) is 8.78 Å². The summed E-state index contributed by atoms with van der Waals surface area (Å²) in [6, 6.07) is 9.42. The van der Waals surface area contributed by atoms with Crippen molar-refractivity contribution in [3.05, 3.63) is 68.7 Å². The van der Waals surface area contributed by atoms with E-state index in [1.165, 1.54) is 18.2 Å². The minimum Gasteiger partial charge on any atom is -0.310 e. The molecule has 0 aromatic heterocycles. The summed E-state index contributed by atoms with van der Waals surface area (Å²) in [5.74, 6) is -0.745. The van der Waals surface area contributed by atoms with Crippen molar-refractivity contribution in [3.63, 3.8) is 0 Å². The lowest BCUT2D eigenvalue weighted by Crippen LogP contribution is -2.24. The summed E-state index contributed by atoms with van der Waals surface area (Å²) in [5.41, 5.74) is 1.33. The molecule has 21 heavy (non-hydrogen) atoms. The van der Waals surface area contributed by atoms with Crippen LogP contribution >= 0.6 is 27.5 Å². The lowest BCUT2D eigenvalue weighted by Gasteiger charge is -2.19. The van der Waals surface area contributed by atoms with Crippen molar-refractivity contribution in [3.8, 4) is 0 Å². The molecule has 112 valence electrons. The second kappa shape index (κ2) is 7.34. The standard InChI is InChI=1S/C16H15BrClF2N/c1-2-21-16(12-5-4-11(17)9-14(12)19)8-10-3-6-13(18)15(20)7-10/h3-7,9,16,21H,2,8H2,1H3. The van der Waals surface area contributed by atoms with E-state index in [2.05, 4.69) is 21.2 Å². The SMILES string of the molecule is CCNC(Cc1ccc(Cl)c(F)c1)c1ccc(Br)cc1F. The van der Waals surface area contributed by atoms with Gasteiger partial charge in [-0.15, -0.1) is 0 Å². The summed E-state index contributed by atoms with van der Waals surface area (Å²) in [4.78, 5) is 0. The molecule has 0 spiro atoms. The molecule has 0 fully saturated rings. The third-order valence-electron chi connectivity index (χ3n) is 3.21. The number of rotatable bonds is 5. The average molecular weight is 375 g/mol. The van der Waals surface area contributed by atoms with E-state index in [4.69, 9.17) is 11.6 Å². The van der Waals surface area contributed by atoms with Gasteiger partial charge in [-0.25, -0.2) is 8.78 Å². The predicted molar refractivity (Wildman–Crippen MR) is 85.6 cm³/mol. The largest absolute Gasteiger partial charge is 0.310 e. The first-order chi connectivity index (χ1) is 10.0. The summed E-state index contributed by atoms with van der Waals surface area (Å²) in [6.45, 7) is 2.64. The topological polar surface area (TPSA) is 12.0 Å². The van der Waals surface area contributed by atoms with E-state index >= 15 is 0 Å². The number of hydrogen-bond donors (Lipinski definition) is 1. The molecule has 0 aliphatic carbocycles. The van der Waals surface area contributed by atoms with Gasteiger partial charge in [-0.2, -0.15) is 0 Å². The van der Waals surface area contributed by atoms with Crippen LogP contribution in [-0.2, 0) is 6.42 Å². The Balaban J connectivity index is 2.28. The van der Waals surface area contributed by atoms with Crippen molar-refractivity contribution in [2.75, 3.05) is 6.54 Å². The Morgan fingerprint density at radius 3 is 2.52 bits per heavy atom. The lowest BCUT2D eigenvalue weighted by molar-refractivity contribution is 0.508.